The number of hydrogen-bond donors (Lipinski definition) is 2. The smallest absolute Gasteiger partial charge is 0.407 e. The van der Waals surface area contributed by atoms with Gasteiger partial charge in [-0.05, 0) is 26.8 Å². The topological polar surface area (TPSA) is 77.2 Å². The van der Waals surface area contributed by atoms with Gasteiger partial charge in [0, 0.05) is 25.2 Å². The Hall–Kier alpha value is -1.04. The van der Waals surface area contributed by atoms with E-state index in [9.17, 15) is 4.79 Å². The summed E-state index contributed by atoms with van der Waals surface area (Å²) in [6, 6.07) is 1.29. The molecule has 0 aromatic carbocycles. The molecule has 0 fully saturated rings. The third kappa shape index (κ3) is 5.94. The monoisotopic (exact) mass is 319 g/mol. The summed E-state index contributed by atoms with van der Waals surface area (Å²) in [7, 11) is 0. The summed E-state index contributed by atoms with van der Waals surface area (Å²) in [5.41, 5.74) is 5.72. The first-order valence-electron chi connectivity index (χ1n) is 6.21. The molecule has 3 N–H and O–H groups in total. The molecule has 7 heteroatoms. The standard InChI is InChI=1S/C13H19Cl2N3O2/c1-13(2,3)20-12(19)18-9(6-16)5-11-10(15)4-8(14)7-17-11/h4,7,9H,5-6,16H2,1-3H3,(H,18,19). The number of nitrogens with two attached hydrogens (primary N) is 1. The van der Waals surface area contributed by atoms with E-state index in [1.54, 1.807) is 26.8 Å². The maximum atomic E-state index is 11.7. The number of ether oxygens (including phenoxy) is 1. The third-order valence-corrected chi connectivity index (χ3v) is 2.86. The Kier molecular flexibility index (Phi) is 6.05. The maximum Gasteiger partial charge on any atom is 0.407 e. The third-order valence-electron chi connectivity index (χ3n) is 2.33. The largest absolute Gasteiger partial charge is 0.444 e. The molecule has 1 aromatic rings. The van der Waals surface area contributed by atoms with Crippen LogP contribution in [0.2, 0.25) is 10.0 Å². The van der Waals surface area contributed by atoms with Crippen LogP contribution in [-0.2, 0) is 11.2 Å². The number of hydrogen-bond acceptors (Lipinski definition) is 4. The van der Waals surface area contributed by atoms with Crippen molar-refractivity contribution < 1.29 is 9.53 Å². The second kappa shape index (κ2) is 7.11. The lowest BCUT2D eigenvalue weighted by atomic mass is 10.1. The van der Waals surface area contributed by atoms with Crippen LogP contribution in [0.1, 0.15) is 26.5 Å². The fraction of sp³-hybridized carbons (Fsp3) is 0.538. The van der Waals surface area contributed by atoms with Crippen LogP contribution in [-0.4, -0.2) is 29.3 Å². The second-order valence-electron chi connectivity index (χ2n) is 5.37. The summed E-state index contributed by atoms with van der Waals surface area (Å²) in [6.07, 6.45) is 1.40. The number of carbonyl (C=O) groups is 1. The van der Waals surface area contributed by atoms with Gasteiger partial charge in [0.25, 0.3) is 0 Å². The summed E-state index contributed by atoms with van der Waals surface area (Å²) < 4.78 is 5.18. The predicted octanol–water partition coefficient (Wildman–Crippen LogP) is 2.78. The van der Waals surface area contributed by atoms with Crippen molar-refractivity contribution in [3.8, 4) is 0 Å². The number of pyridine rings is 1. The van der Waals surface area contributed by atoms with Gasteiger partial charge in [0.15, 0.2) is 0 Å². The molecule has 112 valence electrons. The highest BCUT2D eigenvalue weighted by atomic mass is 35.5. The van der Waals surface area contributed by atoms with Gasteiger partial charge in [0.1, 0.15) is 5.60 Å². The SMILES string of the molecule is CC(C)(C)OC(=O)NC(CN)Cc1ncc(Cl)cc1Cl. The molecule has 0 saturated carbocycles. The van der Waals surface area contributed by atoms with Gasteiger partial charge in [-0.2, -0.15) is 0 Å². The van der Waals surface area contributed by atoms with Crippen molar-refractivity contribution in [2.45, 2.75) is 38.8 Å². The molecular weight excluding hydrogens is 301 g/mol. The summed E-state index contributed by atoms with van der Waals surface area (Å²) in [5, 5.41) is 3.60. The van der Waals surface area contributed by atoms with E-state index in [4.69, 9.17) is 33.7 Å². The van der Waals surface area contributed by atoms with Crippen LogP contribution in [0.15, 0.2) is 12.3 Å². The molecule has 1 rings (SSSR count). The number of nitrogens with one attached hydrogen (secondary N) is 1. The Bertz CT molecular complexity index is 475. The molecule has 0 aliphatic heterocycles. The van der Waals surface area contributed by atoms with Gasteiger partial charge in [-0.3, -0.25) is 4.98 Å². The molecular formula is C13H19Cl2N3O2. The fourth-order valence-electron chi connectivity index (χ4n) is 1.49. The van der Waals surface area contributed by atoms with Crippen LogP contribution < -0.4 is 11.1 Å². The molecule has 0 aliphatic carbocycles. The van der Waals surface area contributed by atoms with E-state index in [1.165, 1.54) is 6.20 Å². The minimum atomic E-state index is -0.556. The van der Waals surface area contributed by atoms with Crippen molar-refractivity contribution in [3.63, 3.8) is 0 Å². The van der Waals surface area contributed by atoms with Gasteiger partial charge < -0.3 is 15.8 Å². The second-order valence-corrected chi connectivity index (χ2v) is 6.21. The van der Waals surface area contributed by atoms with E-state index in [0.717, 1.165) is 0 Å². The Morgan fingerprint density at radius 2 is 2.15 bits per heavy atom. The van der Waals surface area contributed by atoms with Crippen molar-refractivity contribution in [1.29, 1.82) is 0 Å². The first kappa shape index (κ1) is 17.0. The van der Waals surface area contributed by atoms with Gasteiger partial charge in [-0.15, -0.1) is 0 Å². The average Bonchev–Trinajstić information content (AvgIpc) is 2.29. The van der Waals surface area contributed by atoms with Gasteiger partial charge in [0.05, 0.1) is 15.7 Å². The highest BCUT2D eigenvalue weighted by Gasteiger charge is 2.20. The van der Waals surface area contributed by atoms with Gasteiger partial charge >= 0.3 is 6.09 Å². The normalized spacial score (nSPS) is 12.9. The maximum absolute atomic E-state index is 11.7. The van der Waals surface area contributed by atoms with Gasteiger partial charge in [-0.1, -0.05) is 23.2 Å². The van der Waals surface area contributed by atoms with E-state index in [0.29, 0.717) is 22.2 Å². The molecule has 0 radical (unpaired) electrons. The van der Waals surface area contributed by atoms with Crippen molar-refractivity contribution in [1.82, 2.24) is 10.3 Å². The van der Waals surface area contributed by atoms with Crippen LogP contribution in [0.4, 0.5) is 4.79 Å². The molecule has 20 heavy (non-hydrogen) atoms. The first-order chi connectivity index (χ1) is 9.21. The number of aromatic nitrogens is 1. The quantitative estimate of drug-likeness (QED) is 0.894. The molecule has 1 heterocycles. The number of amides is 1. The Morgan fingerprint density at radius 3 is 2.65 bits per heavy atom. The molecule has 0 spiro atoms. The zero-order valence-corrected chi connectivity index (χ0v) is 13.3. The zero-order chi connectivity index (χ0) is 15.3. The molecule has 1 aromatic heterocycles. The fourth-order valence-corrected chi connectivity index (χ4v) is 1.95. The van der Waals surface area contributed by atoms with Gasteiger partial charge in [-0.25, -0.2) is 4.79 Å². The first-order valence-corrected chi connectivity index (χ1v) is 6.96. The van der Waals surface area contributed by atoms with Crippen molar-refractivity contribution in [2.24, 2.45) is 5.73 Å². The molecule has 0 saturated heterocycles. The van der Waals surface area contributed by atoms with E-state index < -0.39 is 11.7 Å². The van der Waals surface area contributed by atoms with Crippen molar-refractivity contribution >= 4 is 29.3 Å². The summed E-state index contributed by atoms with van der Waals surface area (Å²) in [5.74, 6) is 0. The molecule has 0 aliphatic rings. The summed E-state index contributed by atoms with van der Waals surface area (Å²) in [4.78, 5) is 15.8. The van der Waals surface area contributed by atoms with E-state index >= 15 is 0 Å². The molecule has 0 bridgehead atoms. The number of alkyl carbamates (subject to hydrolysis) is 1. The number of halogens is 2. The Balaban J connectivity index is 2.65. The lowest BCUT2D eigenvalue weighted by molar-refractivity contribution is 0.0505. The molecule has 1 unspecified atom stereocenters. The molecule has 5 nitrogen and oxygen atoms in total. The summed E-state index contributed by atoms with van der Waals surface area (Å²) >= 11 is 11.8. The highest BCUT2D eigenvalue weighted by Crippen LogP contribution is 2.19. The van der Waals surface area contributed by atoms with E-state index in [1.807, 2.05) is 0 Å². The highest BCUT2D eigenvalue weighted by molar-refractivity contribution is 6.34. The molecule has 1 amide bonds. The minimum absolute atomic E-state index is 0.250. The zero-order valence-electron chi connectivity index (χ0n) is 11.7. The Labute approximate surface area is 128 Å². The summed E-state index contributed by atoms with van der Waals surface area (Å²) in [6.45, 7) is 5.63. The predicted molar refractivity (Wildman–Crippen MR) is 80.2 cm³/mol. The number of nitrogens with zero attached hydrogens (tertiary/aromatic N) is 1. The minimum Gasteiger partial charge on any atom is -0.444 e. The average molecular weight is 320 g/mol. The van der Waals surface area contributed by atoms with E-state index in [2.05, 4.69) is 10.3 Å². The van der Waals surface area contributed by atoms with Crippen molar-refractivity contribution in [3.05, 3.63) is 28.0 Å². The van der Waals surface area contributed by atoms with Crippen LogP contribution in [0.5, 0.6) is 0 Å². The van der Waals surface area contributed by atoms with Crippen LogP contribution in [0, 0.1) is 0 Å². The Morgan fingerprint density at radius 1 is 1.50 bits per heavy atom. The number of rotatable bonds is 4. The van der Waals surface area contributed by atoms with Crippen LogP contribution in [0.3, 0.4) is 0 Å². The van der Waals surface area contributed by atoms with Crippen LogP contribution in [0.25, 0.3) is 0 Å². The lowest BCUT2D eigenvalue weighted by Gasteiger charge is -2.23. The molecule has 1 atom stereocenters. The van der Waals surface area contributed by atoms with Crippen molar-refractivity contribution in [2.75, 3.05) is 6.54 Å². The van der Waals surface area contributed by atoms with E-state index in [-0.39, 0.29) is 12.6 Å². The van der Waals surface area contributed by atoms with Crippen LogP contribution >= 0.6 is 23.2 Å². The van der Waals surface area contributed by atoms with Gasteiger partial charge in [0.2, 0.25) is 0 Å². The lowest BCUT2D eigenvalue weighted by Crippen LogP contribution is -2.44. The number of carbonyl (C=O) groups excluding carboxylic acids is 1.